The van der Waals surface area contributed by atoms with Crippen molar-refractivity contribution >= 4 is 27.5 Å². The first kappa shape index (κ1) is 19.6. The van der Waals surface area contributed by atoms with E-state index in [1.54, 1.807) is 11.3 Å². The van der Waals surface area contributed by atoms with Crippen molar-refractivity contribution in [1.82, 2.24) is 25.1 Å². The number of anilines is 1. The molecule has 0 aliphatic carbocycles. The highest BCUT2D eigenvalue weighted by Gasteiger charge is 2.30. The minimum atomic E-state index is 0.316. The van der Waals surface area contributed by atoms with Gasteiger partial charge in [-0.05, 0) is 56.8 Å². The van der Waals surface area contributed by atoms with Crippen molar-refractivity contribution in [2.24, 2.45) is 11.7 Å². The Morgan fingerprint density at radius 2 is 2.03 bits per heavy atom. The monoisotopic (exact) mass is 415 g/mol. The predicted octanol–water partition coefficient (Wildman–Crippen LogP) is 1.52. The maximum Gasteiger partial charge on any atom is 0.227 e. The maximum absolute atomic E-state index is 6.12. The summed E-state index contributed by atoms with van der Waals surface area (Å²) in [5.41, 5.74) is 7.32. The van der Waals surface area contributed by atoms with Crippen LogP contribution in [-0.2, 0) is 0 Å². The number of rotatable bonds is 4. The molecule has 7 nitrogen and oxygen atoms in total. The molecule has 2 aromatic heterocycles. The SMILES string of the molecule is CN1CCN(c2nc(C3CC(CN4CCC(N)C4)CCN3)c3ccsc3n2)CC1. The number of hydrogen-bond acceptors (Lipinski definition) is 8. The van der Waals surface area contributed by atoms with Crippen LogP contribution in [0.15, 0.2) is 11.4 Å². The highest BCUT2D eigenvalue weighted by atomic mass is 32.1. The molecule has 3 N–H and O–H groups in total. The fourth-order valence-electron chi connectivity index (χ4n) is 5.04. The molecule has 3 fully saturated rings. The van der Waals surface area contributed by atoms with E-state index in [1.165, 1.54) is 24.0 Å². The molecule has 2 aromatic rings. The number of nitrogens with zero attached hydrogens (tertiary/aromatic N) is 5. The summed E-state index contributed by atoms with van der Waals surface area (Å²) in [4.78, 5) is 18.5. The van der Waals surface area contributed by atoms with Crippen LogP contribution in [0.4, 0.5) is 5.95 Å². The average molecular weight is 416 g/mol. The second-order valence-electron chi connectivity index (χ2n) is 9.04. The summed E-state index contributed by atoms with van der Waals surface area (Å²) < 4.78 is 0. The molecule has 3 aliphatic rings. The first-order valence-electron chi connectivity index (χ1n) is 11.1. The summed E-state index contributed by atoms with van der Waals surface area (Å²) in [7, 11) is 2.19. The van der Waals surface area contributed by atoms with Gasteiger partial charge in [0.2, 0.25) is 5.95 Å². The smallest absolute Gasteiger partial charge is 0.227 e. The van der Waals surface area contributed by atoms with Crippen molar-refractivity contribution in [2.45, 2.75) is 31.3 Å². The van der Waals surface area contributed by atoms with Gasteiger partial charge in [-0.25, -0.2) is 9.97 Å². The number of piperidine rings is 1. The van der Waals surface area contributed by atoms with E-state index in [9.17, 15) is 0 Å². The zero-order chi connectivity index (χ0) is 19.8. The van der Waals surface area contributed by atoms with E-state index in [0.717, 1.165) is 69.4 Å². The fraction of sp³-hybridized carbons (Fsp3) is 0.714. The Morgan fingerprint density at radius 1 is 1.17 bits per heavy atom. The van der Waals surface area contributed by atoms with E-state index in [4.69, 9.17) is 15.7 Å². The molecule has 29 heavy (non-hydrogen) atoms. The lowest BCUT2D eigenvalue weighted by molar-refractivity contribution is 0.213. The Labute approximate surface area is 177 Å². The van der Waals surface area contributed by atoms with Gasteiger partial charge in [-0.1, -0.05) is 0 Å². The molecule has 0 radical (unpaired) electrons. The van der Waals surface area contributed by atoms with Gasteiger partial charge in [0.25, 0.3) is 0 Å². The van der Waals surface area contributed by atoms with Crippen LogP contribution < -0.4 is 16.0 Å². The Hall–Kier alpha value is -1.32. The number of hydrogen-bond donors (Lipinski definition) is 2. The molecular weight excluding hydrogens is 382 g/mol. The molecule has 5 heterocycles. The lowest BCUT2D eigenvalue weighted by Crippen LogP contribution is -2.45. The summed E-state index contributed by atoms with van der Waals surface area (Å²) in [6, 6.07) is 2.88. The summed E-state index contributed by atoms with van der Waals surface area (Å²) in [5, 5.41) is 7.15. The van der Waals surface area contributed by atoms with Crippen LogP contribution in [0.25, 0.3) is 10.2 Å². The van der Waals surface area contributed by atoms with Crippen LogP contribution in [0.3, 0.4) is 0 Å². The van der Waals surface area contributed by atoms with Gasteiger partial charge >= 0.3 is 0 Å². The number of aromatic nitrogens is 2. The van der Waals surface area contributed by atoms with E-state index in [2.05, 4.69) is 38.5 Å². The predicted molar refractivity (Wildman–Crippen MR) is 120 cm³/mol. The van der Waals surface area contributed by atoms with Crippen molar-refractivity contribution in [1.29, 1.82) is 0 Å². The summed E-state index contributed by atoms with van der Waals surface area (Å²) in [6.07, 6.45) is 3.53. The van der Waals surface area contributed by atoms with E-state index in [0.29, 0.717) is 18.0 Å². The second-order valence-corrected chi connectivity index (χ2v) is 9.94. The van der Waals surface area contributed by atoms with Crippen LogP contribution in [0.1, 0.15) is 31.0 Å². The van der Waals surface area contributed by atoms with E-state index < -0.39 is 0 Å². The fourth-order valence-corrected chi connectivity index (χ4v) is 5.81. The normalized spacial score (nSPS) is 29.7. The summed E-state index contributed by atoms with van der Waals surface area (Å²) >= 11 is 1.73. The number of likely N-dealkylation sites (N-methyl/N-ethyl adjacent to an activating group) is 1. The molecule has 3 saturated heterocycles. The molecular formula is C21H33N7S. The molecule has 0 aromatic carbocycles. The molecule has 0 amide bonds. The number of piperazine rings is 1. The van der Waals surface area contributed by atoms with E-state index >= 15 is 0 Å². The van der Waals surface area contributed by atoms with Crippen molar-refractivity contribution in [2.75, 3.05) is 64.3 Å². The van der Waals surface area contributed by atoms with Crippen LogP contribution >= 0.6 is 11.3 Å². The number of nitrogens with one attached hydrogen (secondary N) is 1. The van der Waals surface area contributed by atoms with Crippen molar-refractivity contribution in [3.63, 3.8) is 0 Å². The van der Waals surface area contributed by atoms with Gasteiger partial charge in [0.15, 0.2) is 0 Å². The summed E-state index contributed by atoms with van der Waals surface area (Å²) in [5.74, 6) is 1.62. The van der Waals surface area contributed by atoms with Gasteiger partial charge in [-0.15, -0.1) is 11.3 Å². The van der Waals surface area contributed by atoms with Crippen molar-refractivity contribution in [3.8, 4) is 0 Å². The lowest BCUT2D eigenvalue weighted by Gasteiger charge is -2.34. The topological polar surface area (TPSA) is 73.5 Å². The first-order valence-corrected chi connectivity index (χ1v) is 11.9. The average Bonchev–Trinajstić information content (AvgIpc) is 3.36. The van der Waals surface area contributed by atoms with Gasteiger partial charge in [-0.2, -0.15) is 0 Å². The molecule has 0 saturated carbocycles. The van der Waals surface area contributed by atoms with Crippen molar-refractivity contribution < 1.29 is 0 Å². The minimum absolute atomic E-state index is 0.316. The molecule has 5 rings (SSSR count). The largest absolute Gasteiger partial charge is 0.338 e. The van der Waals surface area contributed by atoms with Crippen LogP contribution in [0, 0.1) is 5.92 Å². The Morgan fingerprint density at radius 3 is 2.83 bits per heavy atom. The van der Waals surface area contributed by atoms with Crippen LogP contribution in [-0.4, -0.2) is 85.2 Å². The van der Waals surface area contributed by atoms with Gasteiger partial charge < -0.3 is 25.8 Å². The first-order chi connectivity index (χ1) is 14.2. The standard InChI is InChI=1S/C21H33N7S/c1-26-7-9-28(10-8-26)21-24-19(17-4-11-29-20(17)25-21)18-12-15(2-5-23-18)13-27-6-3-16(22)14-27/h4,11,15-16,18,23H,2-3,5-10,12-14,22H2,1H3. The number of thiophene rings is 1. The van der Waals surface area contributed by atoms with Crippen LogP contribution in [0.5, 0.6) is 0 Å². The molecule has 0 bridgehead atoms. The molecule has 8 heteroatoms. The van der Waals surface area contributed by atoms with Gasteiger partial charge in [-0.3, -0.25) is 0 Å². The lowest BCUT2D eigenvalue weighted by atomic mass is 9.89. The minimum Gasteiger partial charge on any atom is -0.338 e. The molecule has 0 spiro atoms. The molecule has 158 valence electrons. The zero-order valence-electron chi connectivity index (χ0n) is 17.4. The number of fused-ring (bicyclic) bond motifs is 1. The zero-order valence-corrected chi connectivity index (χ0v) is 18.2. The quantitative estimate of drug-likeness (QED) is 0.784. The molecule has 3 atom stereocenters. The number of nitrogens with two attached hydrogens (primary N) is 1. The third-order valence-electron chi connectivity index (χ3n) is 6.80. The van der Waals surface area contributed by atoms with Gasteiger partial charge in [0.05, 0.1) is 11.7 Å². The Bertz CT molecular complexity index is 832. The van der Waals surface area contributed by atoms with E-state index in [-0.39, 0.29) is 0 Å². The highest BCUT2D eigenvalue weighted by molar-refractivity contribution is 7.16. The van der Waals surface area contributed by atoms with E-state index in [1.807, 2.05) is 0 Å². The van der Waals surface area contributed by atoms with Crippen LogP contribution in [0.2, 0.25) is 0 Å². The molecule has 3 aliphatic heterocycles. The van der Waals surface area contributed by atoms with Gasteiger partial charge in [0.1, 0.15) is 4.83 Å². The second kappa shape index (κ2) is 8.43. The Balaban J connectivity index is 1.36. The molecule has 3 unspecified atom stereocenters. The highest BCUT2D eigenvalue weighted by Crippen LogP contribution is 2.34. The number of likely N-dealkylation sites (tertiary alicyclic amines) is 1. The third-order valence-corrected chi connectivity index (χ3v) is 7.60. The maximum atomic E-state index is 6.12. The summed E-state index contributed by atoms with van der Waals surface area (Å²) in [6.45, 7) is 8.61. The Kier molecular flexibility index (Phi) is 5.71. The third kappa shape index (κ3) is 4.27. The van der Waals surface area contributed by atoms with Gasteiger partial charge in [0, 0.05) is 50.7 Å². The van der Waals surface area contributed by atoms with Crippen molar-refractivity contribution in [3.05, 3.63) is 17.1 Å².